The minimum atomic E-state index is -0.932. The molecule has 1 rings (SSSR count). The summed E-state index contributed by atoms with van der Waals surface area (Å²) in [5.41, 5.74) is 1.36. The Morgan fingerprint density at radius 3 is 2.56 bits per heavy atom. The van der Waals surface area contributed by atoms with Gasteiger partial charge in [-0.2, -0.15) is 0 Å². The summed E-state index contributed by atoms with van der Waals surface area (Å²) in [6.07, 6.45) is 0. The maximum Gasteiger partial charge on any atom is 0.326 e. The molecule has 1 aromatic carbocycles. The monoisotopic (exact) mass is 225 g/mol. The molecule has 1 atom stereocenters. The number of hydrogen-bond donors (Lipinski definition) is 2. The smallest absolute Gasteiger partial charge is 0.326 e. The van der Waals surface area contributed by atoms with Crippen LogP contribution in [0.15, 0.2) is 18.2 Å². The molecule has 0 bridgehead atoms. The van der Waals surface area contributed by atoms with Crippen molar-refractivity contribution in [3.63, 3.8) is 0 Å². The highest BCUT2D eigenvalue weighted by atomic mass is 19.1. The summed E-state index contributed by atoms with van der Waals surface area (Å²) in [7, 11) is 0. The summed E-state index contributed by atoms with van der Waals surface area (Å²) in [4.78, 5) is 11.0. The summed E-state index contributed by atoms with van der Waals surface area (Å²) < 4.78 is 13.0. The molecule has 0 spiro atoms. The highest BCUT2D eigenvalue weighted by molar-refractivity contribution is 5.78. The van der Waals surface area contributed by atoms with E-state index in [0.717, 1.165) is 5.56 Å². The van der Waals surface area contributed by atoms with Crippen LogP contribution in [0.5, 0.6) is 0 Å². The van der Waals surface area contributed by atoms with Gasteiger partial charge < -0.3 is 10.4 Å². The predicted octanol–water partition coefficient (Wildman–Crippen LogP) is 2.66. The number of carboxylic acids is 1. The van der Waals surface area contributed by atoms with Gasteiger partial charge in [-0.15, -0.1) is 0 Å². The average molecular weight is 225 g/mol. The van der Waals surface area contributed by atoms with Crippen LogP contribution in [0.2, 0.25) is 0 Å². The lowest BCUT2D eigenvalue weighted by Crippen LogP contribution is -2.34. The number of aliphatic carboxylic acids is 1. The lowest BCUT2D eigenvalue weighted by molar-refractivity contribution is -0.138. The number of benzene rings is 1. The summed E-state index contributed by atoms with van der Waals surface area (Å²) in [6, 6.07) is 3.58. The van der Waals surface area contributed by atoms with Crippen molar-refractivity contribution in [2.24, 2.45) is 5.92 Å². The van der Waals surface area contributed by atoms with Crippen LogP contribution in [0.1, 0.15) is 19.4 Å². The highest BCUT2D eigenvalue weighted by Crippen LogP contribution is 2.19. The second kappa shape index (κ2) is 4.96. The first-order valence-electron chi connectivity index (χ1n) is 5.17. The van der Waals surface area contributed by atoms with Crippen LogP contribution >= 0.6 is 0 Å². The van der Waals surface area contributed by atoms with Gasteiger partial charge in [-0.25, -0.2) is 9.18 Å². The van der Waals surface area contributed by atoms with Gasteiger partial charge in [0.2, 0.25) is 0 Å². The fraction of sp³-hybridized carbons (Fsp3) is 0.417. The maximum atomic E-state index is 13.0. The molecule has 1 aromatic rings. The number of carbonyl (C=O) groups is 1. The molecule has 3 nitrogen and oxygen atoms in total. The molecule has 2 N–H and O–H groups in total. The number of hydrogen-bond acceptors (Lipinski definition) is 2. The Kier molecular flexibility index (Phi) is 3.88. The Balaban J connectivity index is 2.93. The van der Waals surface area contributed by atoms with Gasteiger partial charge in [-0.3, -0.25) is 0 Å². The zero-order chi connectivity index (χ0) is 12.3. The van der Waals surface area contributed by atoms with Crippen molar-refractivity contribution in [1.29, 1.82) is 0 Å². The van der Waals surface area contributed by atoms with Gasteiger partial charge in [0.1, 0.15) is 11.9 Å². The fourth-order valence-corrected chi connectivity index (χ4v) is 1.43. The van der Waals surface area contributed by atoms with E-state index in [2.05, 4.69) is 5.32 Å². The third kappa shape index (κ3) is 2.95. The van der Waals surface area contributed by atoms with Gasteiger partial charge in [0.25, 0.3) is 0 Å². The summed E-state index contributed by atoms with van der Waals surface area (Å²) in [5, 5.41) is 11.9. The Hall–Kier alpha value is -1.58. The van der Waals surface area contributed by atoms with Crippen molar-refractivity contribution < 1.29 is 14.3 Å². The number of aryl methyl sites for hydroxylation is 1. The van der Waals surface area contributed by atoms with Gasteiger partial charge in [0.15, 0.2) is 0 Å². The standard InChI is InChI=1S/C12H16FNO2/c1-7(2)11(12(15)16)14-10-6-9(13)5-4-8(10)3/h4-7,11,14H,1-3H3,(H,15,16). The van der Waals surface area contributed by atoms with E-state index in [1.165, 1.54) is 12.1 Å². The first-order valence-corrected chi connectivity index (χ1v) is 5.17. The Bertz CT molecular complexity index is 391. The van der Waals surface area contributed by atoms with Crippen LogP contribution in [0.25, 0.3) is 0 Å². The molecule has 0 heterocycles. The van der Waals surface area contributed by atoms with Gasteiger partial charge >= 0.3 is 5.97 Å². The van der Waals surface area contributed by atoms with E-state index in [4.69, 9.17) is 5.11 Å². The van der Waals surface area contributed by atoms with Crippen molar-refractivity contribution in [1.82, 2.24) is 0 Å². The Labute approximate surface area is 94.3 Å². The van der Waals surface area contributed by atoms with E-state index in [-0.39, 0.29) is 11.7 Å². The fourth-order valence-electron chi connectivity index (χ4n) is 1.43. The largest absolute Gasteiger partial charge is 0.480 e. The number of carboxylic acid groups (broad SMARTS) is 1. The number of halogens is 1. The van der Waals surface area contributed by atoms with E-state index in [1.807, 2.05) is 0 Å². The topological polar surface area (TPSA) is 49.3 Å². The summed E-state index contributed by atoms with van der Waals surface area (Å²) in [6.45, 7) is 5.42. The first-order chi connectivity index (χ1) is 7.41. The highest BCUT2D eigenvalue weighted by Gasteiger charge is 2.21. The molecular weight excluding hydrogens is 209 g/mol. The first kappa shape index (κ1) is 12.5. The summed E-state index contributed by atoms with van der Waals surface area (Å²) >= 11 is 0. The van der Waals surface area contributed by atoms with Crippen LogP contribution in [0, 0.1) is 18.7 Å². The molecule has 0 saturated heterocycles. The maximum absolute atomic E-state index is 13.0. The quantitative estimate of drug-likeness (QED) is 0.828. The molecule has 0 aliphatic heterocycles. The van der Waals surface area contributed by atoms with Crippen LogP contribution in [0.4, 0.5) is 10.1 Å². The molecule has 0 aromatic heterocycles. The lowest BCUT2D eigenvalue weighted by atomic mass is 10.0. The SMILES string of the molecule is Cc1ccc(F)cc1NC(C(=O)O)C(C)C. The average Bonchev–Trinajstić information content (AvgIpc) is 2.18. The van der Waals surface area contributed by atoms with Crippen LogP contribution in [0.3, 0.4) is 0 Å². The molecule has 0 saturated carbocycles. The van der Waals surface area contributed by atoms with Gasteiger partial charge in [0.05, 0.1) is 0 Å². The minimum absolute atomic E-state index is 0.0693. The van der Waals surface area contributed by atoms with Gasteiger partial charge in [-0.05, 0) is 30.5 Å². The molecule has 1 unspecified atom stereocenters. The van der Waals surface area contributed by atoms with Crippen molar-refractivity contribution in [2.75, 3.05) is 5.32 Å². The number of anilines is 1. The number of rotatable bonds is 4. The minimum Gasteiger partial charge on any atom is -0.480 e. The van der Waals surface area contributed by atoms with Gasteiger partial charge in [0, 0.05) is 5.69 Å². The normalized spacial score (nSPS) is 12.6. The van der Waals surface area contributed by atoms with Crippen molar-refractivity contribution in [3.8, 4) is 0 Å². The third-order valence-electron chi connectivity index (χ3n) is 2.44. The second-order valence-corrected chi connectivity index (χ2v) is 4.16. The molecule has 16 heavy (non-hydrogen) atoms. The molecule has 4 heteroatoms. The molecule has 0 aliphatic carbocycles. The van der Waals surface area contributed by atoms with E-state index in [0.29, 0.717) is 5.69 Å². The second-order valence-electron chi connectivity index (χ2n) is 4.16. The van der Waals surface area contributed by atoms with Crippen molar-refractivity contribution in [3.05, 3.63) is 29.6 Å². The van der Waals surface area contributed by atoms with Crippen LogP contribution in [-0.4, -0.2) is 17.1 Å². The molecular formula is C12H16FNO2. The van der Waals surface area contributed by atoms with Crippen molar-refractivity contribution >= 4 is 11.7 Å². The van der Waals surface area contributed by atoms with Crippen LogP contribution in [-0.2, 0) is 4.79 Å². The molecule has 0 amide bonds. The lowest BCUT2D eigenvalue weighted by Gasteiger charge is -2.20. The zero-order valence-electron chi connectivity index (χ0n) is 9.62. The predicted molar refractivity (Wildman–Crippen MR) is 61.0 cm³/mol. The zero-order valence-corrected chi connectivity index (χ0v) is 9.62. The molecule has 88 valence electrons. The van der Waals surface area contributed by atoms with E-state index in [9.17, 15) is 9.18 Å². The number of nitrogens with one attached hydrogen (secondary N) is 1. The summed E-state index contributed by atoms with van der Waals surface area (Å²) in [5.74, 6) is -1.38. The molecule has 0 aliphatic rings. The Morgan fingerprint density at radius 2 is 2.06 bits per heavy atom. The van der Waals surface area contributed by atoms with E-state index < -0.39 is 12.0 Å². The third-order valence-corrected chi connectivity index (χ3v) is 2.44. The Morgan fingerprint density at radius 1 is 1.44 bits per heavy atom. The van der Waals surface area contributed by atoms with E-state index in [1.54, 1.807) is 26.8 Å². The van der Waals surface area contributed by atoms with Crippen molar-refractivity contribution in [2.45, 2.75) is 26.8 Å². The van der Waals surface area contributed by atoms with E-state index >= 15 is 0 Å². The molecule has 0 radical (unpaired) electrons. The van der Waals surface area contributed by atoms with Crippen LogP contribution < -0.4 is 5.32 Å². The van der Waals surface area contributed by atoms with Gasteiger partial charge in [-0.1, -0.05) is 19.9 Å². The molecule has 0 fully saturated rings.